The minimum absolute atomic E-state index is 0.0788. The summed E-state index contributed by atoms with van der Waals surface area (Å²) >= 11 is 0. The second-order valence-corrected chi connectivity index (χ2v) is 7.32. The topological polar surface area (TPSA) is 107 Å². The van der Waals surface area contributed by atoms with Gasteiger partial charge in [-0.1, -0.05) is 20.8 Å². The summed E-state index contributed by atoms with van der Waals surface area (Å²) in [6.45, 7) is 9.77. The van der Waals surface area contributed by atoms with Gasteiger partial charge in [-0.3, -0.25) is 5.10 Å². The normalized spacial score (nSPS) is 12.7. The fraction of sp³-hybridized carbons (Fsp3) is 0.471. The molecule has 7 nitrogen and oxygen atoms in total. The number of primary amides is 1. The third kappa shape index (κ3) is 4.97. The van der Waals surface area contributed by atoms with Crippen LogP contribution in [0.4, 0.5) is 4.79 Å². The largest absolute Gasteiger partial charge is 0.443 e. The van der Waals surface area contributed by atoms with Gasteiger partial charge in [0.2, 0.25) is 5.89 Å². The Bertz CT molecular complexity index is 735. The fourth-order valence-corrected chi connectivity index (χ4v) is 2.19. The molecule has 0 aliphatic carbocycles. The number of H-pyrrole nitrogens is 1. The number of rotatable bonds is 5. The van der Waals surface area contributed by atoms with Crippen LogP contribution in [0, 0.1) is 0 Å². The average molecular weight is 332 g/mol. The zero-order valence-corrected chi connectivity index (χ0v) is 14.7. The summed E-state index contributed by atoms with van der Waals surface area (Å²) in [7, 11) is 0. The molecule has 3 N–H and O–H groups in total. The molecular weight excluding hydrogens is 308 g/mol. The number of nitrogens with one attached hydrogen (secondary N) is 1. The zero-order chi connectivity index (χ0) is 18.0. The third-order valence-corrected chi connectivity index (χ3v) is 3.30. The van der Waals surface area contributed by atoms with Crippen molar-refractivity contribution in [3.8, 4) is 0 Å². The molecule has 0 saturated heterocycles. The van der Waals surface area contributed by atoms with Gasteiger partial charge in [0, 0.05) is 23.6 Å². The number of hydrogen-bond acceptors (Lipinski definition) is 5. The molecule has 0 aromatic carbocycles. The molecule has 0 fully saturated rings. The van der Waals surface area contributed by atoms with E-state index in [1.807, 2.05) is 6.07 Å². The predicted molar refractivity (Wildman–Crippen MR) is 91.2 cm³/mol. The standard InChI is InChI=1S/C17H24N4O3/c1-16(2,3)13-10-19-14(23-13)7-6-11-8-12(21-20-11)9-17(4,5)24-15(18)22/h6-8,10H,9H2,1-5H3,(H2,18,22)(H,20,21)/b7-6+. The highest BCUT2D eigenvalue weighted by Gasteiger charge is 2.23. The number of hydrogen-bond donors (Lipinski definition) is 2. The molecule has 0 spiro atoms. The number of carbonyl (C=O) groups is 1. The molecule has 130 valence electrons. The van der Waals surface area contributed by atoms with Gasteiger partial charge in [-0.15, -0.1) is 0 Å². The maximum absolute atomic E-state index is 10.9. The highest BCUT2D eigenvalue weighted by molar-refractivity contribution is 5.65. The number of nitrogens with zero attached hydrogens (tertiary/aromatic N) is 2. The summed E-state index contributed by atoms with van der Waals surface area (Å²) in [6.07, 6.45) is 4.99. The van der Waals surface area contributed by atoms with E-state index in [0.29, 0.717) is 12.3 Å². The van der Waals surface area contributed by atoms with Gasteiger partial charge in [0.1, 0.15) is 11.4 Å². The molecule has 1 amide bonds. The molecule has 0 unspecified atom stereocenters. The Kier molecular flexibility index (Phi) is 4.82. The van der Waals surface area contributed by atoms with Crippen molar-refractivity contribution in [2.24, 2.45) is 5.73 Å². The molecular formula is C17H24N4O3. The molecule has 24 heavy (non-hydrogen) atoms. The fourth-order valence-electron chi connectivity index (χ4n) is 2.19. The highest BCUT2D eigenvalue weighted by atomic mass is 16.6. The summed E-state index contributed by atoms with van der Waals surface area (Å²) in [5.74, 6) is 1.36. The number of oxazole rings is 1. The summed E-state index contributed by atoms with van der Waals surface area (Å²) in [6, 6.07) is 1.87. The molecule has 2 heterocycles. The molecule has 0 radical (unpaired) electrons. The molecule has 0 aliphatic rings. The molecule has 0 bridgehead atoms. The van der Waals surface area contributed by atoms with Crippen molar-refractivity contribution < 1.29 is 13.9 Å². The number of aromatic nitrogens is 3. The van der Waals surface area contributed by atoms with Crippen LogP contribution in [0.25, 0.3) is 12.2 Å². The van der Waals surface area contributed by atoms with E-state index in [9.17, 15) is 4.79 Å². The van der Waals surface area contributed by atoms with Crippen molar-refractivity contribution in [1.29, 1.82) is 0 Å². The van der Waals surface area contributed by atoms with Gasteiger partial charge in [-0.05, 0) is 26.0 Å². The average Bonchev–Trinajstić information content (AvgIpc) is 3.02. The number of ether oxygens (including phenoxy) is 1. The van der Waals surface area contributed by atoms with Crippen LogP contribution in [-0.2, 0) is 16.6 Å². The molecule has 7 heteroatoms. The SMILES string of the molecule is CC(C)(Cc1cc(/C=C/c2ncc(C(C)(C)C)o2)n[nH]1)OC(N)=O. The van der Waals surface area contributed by atoms with Crippen molar-refractivity contribution in [1.82, 2.24) is 15.2 Å². The van der Waals surface area contributed by atoms with E-state index in [2.05, 4.69) is 36.0 Å². The van der Waals surface area contributed by atoms with E-state index in [4.69, 9.17) is 14.9 Å². The predicted octanol–water partition coefficient (Wildman–Crippen LogP) is 3.28. The first-order chi connectivity index (χ1) is 11.0. The molecule has 0 saturated carbocycles. The van der Waals surface area contributed by atoms with Crippen molar-refractivity contribution in [3.63, 3.8) is 0 Å². The molecule has 0 aliphatic heterocycles. The lowest BCUT2D eigenvalue weighted by Gasteiger charge is -2.22. The Labute approximate surface area is 141 Å². The second kappa shape index (κ2) is 6.51. The van der Waals surface area contributed by atoms with Crippen LogP contribution in [0.15, 0.2) is 16.7 Å². The lowest BCUT2D eigenvalue weighted by molar-refractivity contribution is 0.0453. The first-order valence-electron chi connectivity index (χ1n) is 7.72. The van der Waals surface area contributed by atoms with Crippen LogP contribution >= 0.6 is 0 Å². The van der Waals surface area contributed by atoms with Gasteiger partial charge in [0.05, 0.1) is 11.9 Å². The van der Waals surface area contributed by atoms with Crippen LogP contribution in [0.1, 0.15) is 57.7 Å². The number of nitrogens with two attached hydrogens (primary N) is 1. The van der Waals surface area contributed by atoms with Crippen molar-refractivity contribution >= 4 is 18.2 Å². The van der Waals surface area contributed by atoms with Crippen LogP contribution in [-0.4, -0.2) is 26.9 Å². The molecule has 2 aromatic heterocycles. The summed E-state index contributed by atoms with van der Waals surface area (Å²) in [4.78, 5) is 15.1. The smallest absolute Gasteiger partial charge is 0.405 e. The van der Waals surface area contributed by atoms with Gasteiger partial charge < -0.3 is 14.9 Å². The minimum Gasteiger partial charge on any atom is -0.443 e. The second-order valence-electron chi connectivity index (χ2n) is 7.32. The van der Waals surface area contributed by atoms with Gasteiger partial charge in [-0.2, -0.15) is 5.10 Å². The first kappa shape index (κ1) is 17.8. The maximum Gasteiger partial charge on any atom is 0.405 e. The molecule has 0 atom stereocenters. The highest BCUT2D eigenvalue weighted by Crippen LogP contribution is 2.23. The van der Waals surface area contributed by atoms with Gasteiger partial charge in [0.15, 0.2) is 0 Å². The van der Waals surface area contributed by atoms with Crippen LogP contribution in [0.5, 0.6) is 0 Å². The summed E-state index contributed by atoms with van der Waals surface area (Å²) in [5, 5.41) is 7.11. The van der Waals surface area contributed by atoms with Crippen LogP contribution in [0.3, 0.4) is 0 Å². The molecule has 2 aromatic rings. The van der Waals surface area contributed by atoms with Crippen LogP contribution < -0.4 is 5.73 Å². The van der Waals surface area contributed by atoms with Gasteiger partial charge >= 0.3 is 6.09 Å². The van der Waals surface area contributed by atoms with E-state index in [0.717, 1.165) is 17.1 Å². The third-order valence-electron chi connectivity index (χ3n) is 3.30. The monoisotopic (exact) mass is 332 g/mol. The van der Waals surface area contributed by atoms with Crippen molar-refractivity contribution in [2.75, 3.05) is 0 Å². The van der Waals surface area contributed by atoms with Crippen molar-refractivity contribution in [2.45, 2.75) is 52.1 Å². The Morgan fingerprint density at radius 3 is 2.62 bits per heavy atom. The van der Waals surface area contributed by atoms with Crippen LogP contribution in [0.2, 0.25) is 0 Å². The summed E-state index contributed by atoms with van der Waals surface area (Å²) < 4.78 is 10.8. The minimum atomic E-state index is -0.793. The maximum atomic E-state index is 10.9. The number of carbonyl (C=O) groups excluding carboxylic acids is 1. The zero-order valence-electron chi connectivity index (χ0n) is 14.7. The lowest BCUT2D eigenvalue weighted by Crippen LogP contribution is -2.33. The number of aromatic amines is 1. The first-order valence-corrected chi connectivity index (χ1v) is 7.72. The van der Waals surface area contributed by atoms with E-state index in [1.165, 1.54) is 0 Å². The van der Waals surface area contributed by atoms with Crippen molar-refractivity contribution in [3.05, 3.63) is 35.3 Å². The van der Waals surface area contributed by atoms with E-state index in [1.54, 1.807) is 32.2 Å². The van der Waals surface area contributed by atoms with E-state index in [-0.39, 0.29) is 5.41 Å². The Morgan fingerprint density at radius 2 is 2.04 bits per heavy atom. The Morgan fingerprint density at radius 1 is 1.33 bits per heavy atom. The van der Waals surface area contributed by atoms with Gasteiger partial charge in [-0.25, -0.2) is 9.78 Å². The quantitative estimate of drug-likeness (QED) is 0.873. The number of amides is 1. The molecule has 2 rings (SSSR count). The Hall–Kier alpha value is -2.57. The van der Waals surface area contributed by atoms with Gasteiger partial charge in [0.25, 0.3) is 0 Å². The Balaban J connectivity index is 2.03. The lowest BCUT2D eigenvalue weighted by atomic mass is 9.94. The van der Waals surface area contributed by atoms with E-state index >= 15 is 0 Å². The summed E-state index contributed by atoms with van der Waals surface area (Å²) in [5.41, 5.74) is 5.85. The van der Waals surface area contributed by atoms with E-state index < -0.39 is 11.7 Å².